The van der Waals surface area contributed by atoms with Crippen molar-refractivity contribution in [3.63, 3.8) is 0 Å². The lowest BCUT2D eigenvalue weighted by molar-refractivity contribution is -0.384. The molecule has 27 heavy (non-hydrogen) atoms. The zero-order chi connectivity index (χ0) is 20.0. The van der Waals surface area contributed by atoms with Gasteiger partial charge in [-0.2, -0.15) is 0 Å². The van der Waals surface area contributed by atoms with Gasteiger partial charge in [-0.05, 0) is 35.9 Å². The first-order valence-corrected chi connectivity index (χ1v) is 8.13. The van der Waals surface area contributed by atoms with Crippen molar-refractivity contribution in [1.29, 1.82) is 0 Å². The van der Waals surface area contributed by atoms with Crippen LogP contribution in [0.3, 0.4) is 0 Å². The number of ether oxygens (including phenoxy) is 1. The summed E-state index contributed by atoms with van der Waals surface area (Å²) >= 11 is 11.6. The quantitative estimate of drug-likeness (QED) is 0.446. The number of methoxy groups -OCH3 is 1. The average Bonchev–Trinajstić information content (AvgIpc) is 2.65. The van der Waals surface area contributed by atoms with E-state index < -0.39 is 16.7 Å². The van der Waals surface area contributed by atoms with Crippen LogP contribution in [0.1, 0.15) is 15.9 Å². The molecule has 0 aliphatic heterocycles. The fourth-order valence-corrected chi connectivity index (χ4v) is 2.39. The smallest absolute Gasteiger partial charge is 0.288 e. The molecule has 2 rings (SSSR count). The summed E-state index contributed by atoms with van der Waals surface area (Å²) in [5, 5.41) is 11.2. The Kier molecular flexibility index (Phi) is 6.75. The average molecular weight is 410 g/mol. The Balaban J connectivity index is 2.01. The zero-order valence-corrected chi connectivity index (χ0v) is 15.4. The lowest BCUT2D eigenvalue weighted by Gasteiger charge is -2.09. The summed E-state index contributed by atoms with van der Waals surface area (Å²) in [4.78, 5) is 34.2. The molecular weight excluding hydrogens is 397 g/mol. The van der Waals surface area contributed by atoms with Gasteiger partial charge >= 0.3 is 0 Å². The van der Waals surface area contributed by atoms with Gasteiger partial charge in [-0.3, -0.25) is 30.6 Å². The van der Waals surface area contributed by atoms with Gasteiger partial charge < -0.3 is 4.74 Å². The highest BCUT2D eigenvalue weighted by molar-refractivity contribution is 6.32. The second-order valence-corrected chi connectivity index (χ2v) is 5.93. The molecule has 0 heterocycles. The zero-order valence-electron chi connectivity index (χ0n) is 13.9. The number of benzene rings is 2. The molecule has 0 fully saturated rings. The van der Waals surface area contributed by atoms with E-state index in [0.29, 0.717) is 10.6 Å². The minimum Gasteiger partial charge on any atom is -0.496 e. The molecular formula is C17H13Cl2N3O5. The number of rotatable bonds is 5. The third-order valence-electron chi connectivity index (χ3n) is 3.30. The number of nitro groups is 1. The summed E-state index contributed by atoms with van der Waals surface area (Å²) in [6.07, 6.45) is 2.44. The topological polar surface area (TPSA) is 111 Å². The third kappa shape index (κ3) is 5.44. The van der Waals surface area contributed by atoms with E-state index in [9.17, 15) is 19.7 Å². The van der Waals surface area contributed by atoms with Crippen molar-refractivity contribution < 1.29 is 19.2 Å². The molecule has 10 heteroatoms. The minimum absolute atomic E-state index is 0.00988. The Morgan fingerprint density at radius 3 is 2.56 bits per heavy atom. The summed E-state index contributed by atoms with van der Waals surface area (Å²) in [5.74, 6) is -0.990. The number of halogens is 2. The maximum atomic E-state index is 12.1. The molecule has 2 N–H and O–H groups in total. The Bertz CT molecular complexity index is 931. The molecule has 2 aromatic rings. The van der Waals surface area contributed by atoms with Crippen LogP contribution in [0.4, 0.5) is 5.69 Å². The number of hydrogen-bond donors (Lipinski definition) is 2. The van der Waals surface area contributed by atoms with E-state index in [4.69, 9.17) is 27.9 Å². The van der Waals surface area contributed by atoms with Crippen LogP contribution in [0.25, 0.3) is 6.08 Å². The second kappa shape index (κ2) is 9.02. The van der Waals surface area contributed by atoms with Gasteiger partial charge in [0.2, 0.25) is 0 Å². The van der Waals surface area contributed by atoms with Gasteiger partial charge in [0.1, 0.15) is 10.8 Å². The van der Waals surface area contributed by atoms with E-state index in [1.165, 1.54) is 43.5 Å². The van der Waals surface area contributed by atoms with E-state index in [1.807, 2.05) is 0 Å². The number of carbonyl (C=O) groups is 2. The predicted octanol–water partition coefficient (Wildman–Crippen LogP) is 3.38. The van der Waals surface area contributed by atoms with Crippen LogP contribution in [0.5, 0.6) is 5.75 Å². The number of carbonyl (C=O) groups excluding carboxylic acids is 2. The van der Waals surface area contributed by atoms with Crippen LogP contribution in [0, 0.1) is 10.1 Å². The molecule has 8 nitrogen and oxygen atoms in total. The van der Waals surface area contributed by atoms with Crippen LogP contribution in [-0.4, -0.2) is 23.8 Å². The Morgan fingerprint density at radius 1 is 1.15 bits per heavy atom. The number of hydrazine groups is 1. The Morgan fingerprint density at radius 2 is 1.89 bits per heavy atom. The SMILES string of the molecule is COc1ccc(Cl)cc1C(=O)NNC(=O)/C=C/c1ccc(Cl)c([N+](=O)[O-])c1. The molecule has 0 aliphatic rings. The third-order valence-corrected chi connectivity index (χ3v) is 3.85. The van der Waals surface area contributed by atoms with Crippen molar-refractivity contribution in [1.82, 2.24) is 10.9 Å². The molecule has 0 radical (unpaired) electrons. The van der Waals surface area contributed by atoms with Crippen LogP contribution in [0.2, 0.25) is 10.0 Å². The molecule has 0 saturated carbocycles. The Hall–Kier alpha value is -3.10. The van der Waals surface area contributed by atoms with E-state index in [-0.39, 0.29) is 22.0 Å². The summed E-state index contributed by atoms with van der Waals surface area (Å²) in [6.45, 7) is 0. The molecule has 140 valence electrons. The number of nitro benzene ring substituents is 1. The fourth-order valence-electron chi connectivity index (χ4n) is 2.03. The molecule has 0 aromatic heterocycles. The summed E-state index contributed by atoms with van der Waals surface area (Å²) in [7, 11) is 1.40. The minimum atomic E-state index is -0.651. The van der Waals surface area contributed by atoms with E-state index >= 15 is 0 Å². The van der Waals surface area contributed by atoms with Crippen LogP contribution < -0.4 is 15.6 Å². The van der Waals surface area contributed by atoms with Crippen molar-refractivity contribution in [2.24, 2.45) is 0 Å². The highest BCUT2D eigenvalue weighted by atomic mass is 35.5. The summed E-state index contributed by atoms with van der Waals surface area (Å²) < 4.78 is 5.06. The maximum Gasteiger partial charge on any atom is 0.288 e. The van der Waals surface area contributed by atoms with Gasteiger partial charge in [0.25, 0.3) is 17.5 Å². The lowest BCUT2D eigenvalue weighted by atomic mass is 10.2. The van der Waals surface area contributed by atoms with Crippen molar-refractivity contribution in [3.05, 3.63) is 73.8 Å². The summed E-state index contributed by atoms with van der Waals surface area (Å²) in [5.41, 5.74) is 4.66. The highest BCUT2D eigenvalue weighted by Gasteiger charge is 2.14. The fraction of sp³-hybridized carbons (Fsp3) is 0.0588. The summed E-state index contributed by atoms with van der Waals surface area (Å²) in [6, 6.07) is 8.56. The molecule has 0 atom stereocenters. The van der Waals surface area contributed by atoms with Crippen molar-refractivity contribution in [3.8, 4) is 5.75 Å². The largest absolute Gasteiger partial charge is 0.496 e. The second-order valence-electron chi connectivity index (χ2n) is 5.09. The van der Waals surface area contributed by atoms with E-state index in [1.54, 1.807) is 6.07 Å². The highest BCUT2D eigenvalue weighted by Crippen LogP contribution is 2.25. The van der Waals surface area contributed by atoms with Crippen molar-refractivity contribution in [2.75, 3.05) is 7.11 Å². The van der Waals surface area contributed by atoms with Crippen LogP contribution in [0.15, 0.2) is 42.5 Å². The molecule has 0 bridgehead atoms. The van der Waals surface area contributed by atoms with Gasteiger partial charge in [0.05, 0.1) is 17.6 Å². The first-order chi connectivity index (χ1) is 12.8. The number of hydrogen-bond acceptors (Lipinski definition) is 5. The number of nitrogens with one attached hydrogen (secondary N) is 2. The Labute approximate surface area is 163 Å². The molecule has 0 spiro atoms. The van der Waals surface area contributed by atoms with Crippen molar-refractivity contribution >= 4 is 46.8 Å². The van der Waals surface area contributed by atoms with Gasteiger partial charge in [-0.1, -0.05) is 29.3 Å². The monoisotopic (exact) mass is 409 g/mol. The van der Waals surface area contributed by atoms with Gasteiger partial charge in [0.15, 0.2) is 0 Å². The van der Waals surface area contributed by atoms with Crippen LogP contribution >= 0.6 is 23.2 Å². The molecule has 0 saturated heterocycles. The van der Waals surface area contributed by atoms with Gasteiger partial charge in [0, 0.05) is 17.2 Å². The van der Waals surface area contributed by atoms with E-state index in [0.717, 1.165) is 6.08 Å². The van der Waals surface area contributed by atoms with E-state index in [2.05, 4.69) is 10.9 Å². The molecule has 2 amide bonds. The van der Waals surface area contributed by atoms with Crippen LogP contribution in [-0.2, 0) is 4.79 Å². The number of amides is 2. The van der Waals surface area contributed by atoms with Gasteiger partial charge in [-0.15, -0.1) is 0 Å². The molecule has 2 aromatic carbocycles. The normalized spacial score (nSPS) is 10.5. The molecule has 0 unspecified atom stereocenters. The standard InChI is InChI=1S/C17H13Cl2N3O5/c1-27-15-6-4-11(18)9-12(15)17(24)21-20-16(23)7-3-10-2-5-13(19)14(8-10)22(25)26/h2-9H,1H3,(H,20,23)(H,21,24)/b7-3+. The number of nitrogens with zero attached hydrogens (tertiary/aromatic N) is 1. The first-order valence-electron chi connectivity index (χ1n) is 7.37. The maximum absolute atomic E-state index is 12.1. The first kappa shape index (κ1) is 20.2. The van der Waals surface area contributed by atoms with Crippen molar-refractivity contribution in [2.45, 2.75) is 0 Å². The molecule has 0 aliphatic carbocycles. The lowest BCUT2D eigenvalue weighted by Crippen LogP contribution is -2.40. The predicted molar refractivity (Wildman–Crippen MR) is 101 cm³/mol. The van der Waals surface area contributed by atoms with Gasteiger partial charge in [-0.25, -0.2) is 0 Å².